The molecule has 8 aromatic rings. The Bertz CT molecular complexity index is 2590. The topological polar surface area (TPSA) is 3.24 Å². The minimum absolute atomic E-state index is 0.533. The predicted molar refractivity (Wildman–Crippen MR) is 226 cm³/mol. The van der Waals surface area contributed by atoms with Crippen LogP contribution < -0.4 is 15.3 Å². The molecule has 252 valence electrons. The van der Waals surface area contributed by atoms with Gasteiger partial charge in [-0.3, -0.25) is 0 Å². The van der Waals surface area contributed by atoms with Crippen LogP contribution in [0.5, 0.6) is 0 Å². The van der Waals surface area contributed by atoms with Gasteiger partial charge in [0.25, 0.3) is 0 Å². The lowest BCUT2D eigenvalue weighted by Crippen LogP contribution is -2.49. The van der Waals surface area contributed by atoms with Gasteiger partial charge in [0.15, 0.2) is 0 Å². The third-order valence-electron chi connectivity index (χ3n) is 11.8. The van der Waals surface area contributed by atoms with Gasteiger partial charge >= 0.3 is 0 Å². The van der Waals surface area contributed by atoms with Gasteiger partial charge < -0.3 is 4.90 Å². The highest BCUT2D eigenvalue weighted by atomic mass is 28.3. The lowest BCUT2D eigenvalue weighted by molar-refractivity contribution is 0.768. The summed E-state index contributed by atoms with van der Waals surface area (Å²) in [5.74, 6) is 0. The zero-order valence-electron chi connectivity index (χ0n) is 30.0. The Morgan fingerprint density at radius 1 is 0.377 bits per heavy atom. The minimum Gasteiger partial charge on any atom is -0.310 e. The van der Waals surface area contributed by atoms with E-state index in [9.17, 15) is 0 Å². The van der Waals surface area contributed by atoms with E-state index in [0.29, 0.717) is 0 Å². The summed E-state index contributed by atoms with van der Waals surface area (Å²) in [6, 6.07) is 74.4. The normalized spacial score (nSPS) is 14.2. The van der Waals surface area contributed by atoms with Crippen molar-refractivity contribution in [2.24, 2.45) is 0 Å². The van der Waals surface area contributed by atoms with E-state index in [1.165, 1.54) is 77.4 Å². The third-order valence-corrected chi connectivity index (χ3v) is 15.3. The van der Waals surface area contributed by atoms with E-state index in [1.54, 1.807) is 0 Å². The Kier molecular flexibility index (Phi) is 7.25. The molecule has 0 saturated heterocycles. The van der Waals surface area contributed by atoms with Gasteiger partial charge in [0.1, 0.15) is 8.07 Å². The maximum absolute atomic E-state index is 2.52. The molecule has 0 N–H and O–H groups in total. The van der Waals surface area contributed by atoms with Crippen molar-refractivity contribution in [3.05, 3.63) is 222 Å². The molecule has 1 aliphatic carbocycles. The van der Waals surface area contributed by atoms with Crippen LogP contribution in [-0.2, 0) is 5.41 Å². The van der Waals surface area contributed by atoms with Crippen LogP contribution >= 0.6 is 0 Å². The lowest BCUT2D eigenvalue weighted by Gasteiger charge is -2.38. The number of hydrogen-bond donors (Lipinski definition) is 0. The monoisotopic (exact) mass is 693 g/mol. The summed E-state index contributed by atoms with van der Waals surface area (Å²) >= 11 is 0. The van der Waals surface area contributed by atoms with Crippen molar-refractivity contribution in [2.45, 2.75) is 18.5 Å². The van der Waals surface area contributed by atoms with Crippen LogP contribution in [-0.4, -0.2) is 8.07 Å². The van der Waals surface area contributed by atoms with E-state index in [4.69, 9.17) is 0 Å². The average Bonchev–Trinajstić information content (AvgIpc) is 3.65. The lowest BCUT2D eigenvalue weighted by atomic mass is 9.67. The zero-order chi connectivity index (χ0) is 35.6. The Hall–Kier alpha value is -6.22. The summed E-state index contributed by atoms with van der Waals surface area (Å²) in [6.45, 7) is 5.01. The summed E-state index contributed by atoms with van der Waals surface area (Å²) in [4.78, 5) is 2.52. The van der Waals surface area contributed by atoms with Gasteiger partial charge in [-0.25, -0.2) is 0 Å². The molecule has 1 heterocycles. The Morgan fingerprint density at radius 3 is 1.55 bits per heavy atom. The molecular weight excluding hydrogens is 655 g/mol. The maximum Gasteiger partial charge on any atom is 0.113 e. The molecule has 0 unspecified atom stereocenters. The molecule has 0 aromatic heterocycles. The van der Waals surface area contributed by atoms with E-state index >= 15 is 0 Å². The van der Waals surface area contributed by atoms with E-state index in [-0.39, 0.29) is 0 Å². The molecule has 0 spiro atoms. The standard InChI is InChI=1S/C51H39NSi/c1-53(2)49-28-16-11-23-43(49)44-34-33-40(35-50(44)53)52(39-31-29-37(30-32-39)36-17-5-3-6-18-36)48-27-15-14-26-47(48)51(38-19-7-4-8-20-38)45-24-12-9-21-41(45)42-22-10-13-25-46(42)51/h3-35H,1-2H3. The van der Waals surface area contributed by atoms with Crippen LogP contribution in [0, 0.1) is 0 Å². The van der Waals surface area contributed by atoms with Crippen molar-refractivity contribution in [1.82, 2.24) is 0 Å². The highest BCUT2D eigenvalue weighted by molar-refractivity contribution is 7.03. The summed E-state index contributed by atoms with van der Waals surface area (Å²) < 4.78 is 0. The molecule has 1 nitrogen and oxygen atoms in total. The Balaban J connectivity index is 1.25. The average molecular weight is 694 g/mol. The fourth-order valence-corrected chi connectivity index (χ4v) is 12.5. The Morgan fingerprint density at radius 2 is 0.868 bits per heavy atom. The highest BCUT2D eigenvalue weighted by Gasteiger charge is 2.47. The molecule has 8 aromatic carbocycles. The largest absolute Gasteiger partial charge is 0.310 e. The second kappa shape index (κ2) is 12.2. The smallest absolute Gasteiger partial charge is 0.113 e. The summed E-state index contributed by atoms with van der Waals surface area (Å²) in [7, 11) is -1.94. The maximum atomic E-state index is 2.52. The SMILES string of the molecule is C[Si]1(C)c2ccccc2-c2ccc(N(c3ccc(-c4ccccc4)cc3)c3ccccc3C3(c4ccccc4)c4ccccc4-c4ccccc43)cc21. The molecule has 0 saturated carbocycles. The Labute approximate surface area is 313 Å². The quantitative estimate of drug-likeness (QED) is 0.157. The van der Waals surface area contributed by atoms with Crippen molar-refractivity contribution in [3.63, 3.8) is 0 Å². The number of hydrogen-bond acceptors (Lipinski definition) is 1. The van der Waals surface area contributed by atoms with Crippen LogP contribution in [0.15, 0.2) is 200 Å². The van der Waals surface area contributed by atoms with Crippen molar-refractivity contribution >= 4 is 35.5 Å². The molecule has 2 heteroatoms. The molecule has 0 radical (unpaired) electrons. The molecule has 53 heavy (non-hydrogen) atoms. The van der Waals surface area contributed by atoms with Gasteiger partial charge in [-0.2, -0.15) is 0 Å². The van der Waals surface area contributed by atoms with Gasteiger partial charge in [-0.1, -0.05) is 183 Å². The van der Waals surface area contributed by atoms with Gasteiger partial charge in [-0.15, -0.1) is 0 Å². The van der Waals surface area contributed by atoms with E-state index in [2.05, 4.69) is 218 Å². The third kappa shape index (κ3) is 4.69. The highest BCUT2D eigenvalue weighted by Crippen LogP contribution is 2.58. The summed E-state index contributed by atoms with van der Waals surface area (Å²) in [5, 5.41) is 3.02. The number of fused-ring (bicyclic) bond motifs is 6. The van der Waals surface area contributed by atoms with Crippen LogP contribution in [0.2, 0.25) is 13.1 Å². The van der Waals surface area contributed by atoms with Crippen LogP contribution in [0.3, 0.4) is 0 Å². The van der Waals surface area contributed by atoms with E-state index < -0.39 is 13.5 Å². The molecule has 2 aliphatic rings. The van der Waals surface area contributed by atoms with E-state index in [1.807, 2.05) is 0 Å². The van der Waals surface area contributed by atoms with Crippen molar-refractivity contribution in [3.8, 4) is 33.4 Å². The van der Waals surface area contributed by atoms with Crippen LogP contribution in [0.25, 0.3) is 33.4 Å². The second-order valence-electron chi connectivity index (χ2n) is 14.9. The summed E-state index contributed by atoms with van der Waals surface area (Å²) in [5.41, 5.74) is 15.9. The fraction of sp³-hybridized carbons (Fsp3) is 0.0588. The van der Waals surface area contributed by atoms with Crippen molar-refractivity contribution in [2.75, 3.05) is 4.90 Å². The van der Waals surface area contributed by atoms with Crippen molar-refractivity contribution < 1.29 is 0 Å². The molecule has 0 atom stereocenters. The number of anilines is 3. The first-order valence-corrected chi connectivity index (χ1v) is 21.6. The fourth-order valence-electron chi connectivity index (χ4n) is 9.36. The first kappa shape index (κ1) is 31.5. The first-order chi connectivity index (χ1) is 26.1. The number of rotatable bonds is 6. The predicted octanol–water partition coefficient (Wildman–Crippen LogP) is 12.0. The summed E-state index contributed by atoms with van der Waals surface area (Å²) in [6.07, 6.45) is 0. The van der Waals surface area contributed by atoms with Crippen molar-refractivity contribution in [1.29, 1.82) is 0 Å². The number of para-hydroxylation sites is 1. The van der Waals surface area contributed by atoms with Gasteiger partial charge in [0, 0.05) is 11.4 Å². The van der Waals surface area contributed by atoms with E-state index in [0.717, 1.165) is 5.69 Å². The number of benzene rings is 8. The second-order valence-corrected chi connectivity index (χ2v) is 19.2. The molecule has 0 bridgehead atoms. The minimum atomic E-state index is -1.94. The van der Waals surface area contributed by atoms with Gasteiger partial charge in [-0.05, 0) is 96.3 Å². The van der Waals surface area contributed by atoms with Crippen LogP contribution in [0.1, 0.15) is 22.3 Å². The molecule has 0 fully saturated rings. The van der Waals surface area contributed by atoms with Gasteiger partial charge in [0.05, 0.1) is 11.1 Å². The van der Waals surface area contributed by atoms with Crippen LogP contribution in [0.4, 0.5) is 17.1 Å². The molecule has 1 aliphatic heterocycles. The number of nitrogens with zero attached hydrogens (tertiary/aromatic N) is 1. The van der Waals surface area contributed by atoms with Gasteiger partial charge in [0.2, 0.25) is 0 Å². The zero-order valence-corrected chi connectivity index (χ0v) is 31.0. The first-order valence-electron chi connectivity index (χ1n) is 18.6. The molecular formula is C51H39NSi. The molecule has 0 amide bonds. The molecule has 10 rings (SSSR count).